The summed E-state index contributed by atoms with van der Waals surface area (Å²) in [5, 5.41) is 5.77. The highest BCUT2D eigenvalue weighted by Gasteiger charge is 2.34. The van der Waals surface area contributed by atoms with Gasteiger partial charge in [-0.05, 0) is 12.1 Å². The van der Waals surface area contributed by atoms with Gasteiger partial charge in [0.15, 0.2) is 12.0 Å². The topological polar surface area (TPSA) is 95.7 Å². The quantitative estimate of drug-likeness (QED) is 0.259. The van der Waals surface area contributed by atoms with Crippen molar-refractivity contribution in [2.75, 3.05) is 0 Å². The van der Waals surface area contributed by atoms with E-state index in [-0.39, 0.29) is 0 Å². The molecular weight excluding hydrogens is 580 g/mol. The van der Waals surface area contributed by atoms with Crippen molar-refractivity contribution in [1.29, 1.82) is 0 Å². The third-order valence-electron chi connectivity index (χ3n) is 8.32. The molecule has 8 heteroatoms. The first kappa shape index (κ1) is 26.7. The van der Waals surface area contributed by atoms with Crippen LogP contribution >= 0.6 is 0 Å². The van der Waals surface area contributed by atoms with Crippen molar-refractivity contribution in [2.45, 2.75) is 6.17 Å². The molecule has 5 heterocycles. The summed E-state index contributed by atoms with van der Waals surface area (Å²) < 4.78 is 11.5. The van der Waals surface area contributed by atoms with E-state index in [1.54, 1.807) is 6.21 Å². The van der Waals surface area contributed by atoms with E-state index in [1.165, 1.54) is 0 Å². The van der Waals surface area contributed by atoms with Crippen molar-refractivity contribution in [1.82, 2.24) is 29.2 Å². The van der Waals surface area contributed by atoms with Crippen LogP contribution in [0.3, 0.4) is 0 Å². The lowest BCUT2D eigenvalue weighted by atomic mass is 10.1. The zero-order valence-electron chi connectivity index (χ0n) is 25.1. The molecule has 1 unspecified atom stereocenters. The highest BCUT2D eigenvalue weighted by atomic mass is 15.2. The van der Waals surface area contributed by atoms with Crippen LogP contribution in [-0.2, 0) is 0 Å². The lowest BCUT2D eigenvalue weighted by Gasteiger charge is -2.20. The van der Waals surface area contributed by atoms with E-state index >= 15 is 0 Å². The maximum absolute atomic E-state index is 5.15. The van der Waals surface area contributed by atoms with Crippen molar-refractivity contribution in [2.24, 2.45) is 9.98 Å². The predicted octanol–water partition coefficient (Wildman–Crippen LogP) is 5.36. The van der Waals surface area contributed by atoms with Crippen LogP contribution in [0.15, 0.2) is 150 Å². The third-order valence-corrected chi connectivity index (χ3v) is 8.32. The molecule has 0 amide bonds. The van der Waals surface area contributed by atoms with Crippen LogP contribution in [0.5, 0.6) is 0 Å². The fraction of sp³-hybridized carbons (Fsp3) is 0.0256. The minimum Gasteiger partial charge on any atom is -0.318 e. The molecule has 6 aromatic rings. The molecule has 220 valence electrons. The number of benzene rings is 4. The summed E-state index contributed by atoms with van der Waals surface area (Å²) in [7, 11) is 0. The van der Waals surface area contributed by atoms with Crippen molar-refractivity contribution in [3.05, 3.63) is 151 Å². The standard InChI is InChI=1S/C39H26N8/c1-3-12-25(13-4-1)36-42-32(24-35(43-36)47-33-19-9-7-16-27(33)28-17-8-10-20-34(28)47)39-45-37(26-14-5-2-6-15-26)44-38(46-39)31-22-21-30(41-31)29-18-11-23-40-29/h1-24,39H,(H,44,45,46)/q+2. The second-order valence-electron chi connectivity index (χ2n) is 11.3. The Morgan fingerprint density at radius 2 is 1.23 bits per heavy atom. The highest BCUT2D eigenvalue weighted by molar-refractivity contribution is 6.58. The minimum absolute atomic E-state index is 0.600. The molecule has 0 spiro atoms. The second-order valence-corrected chi connectivity index (χ2v) is 11.3. The van der Waals surface area contributed by atoms with Crippen LogP contribution in [0.25, 0.3) is 39.0 Å². The Morgan fingerprint density at radius 1 is 0.596 bits per heavy atom. The van der Waals surface area contributed by atoms with E-state index in [9.17, 15) is 0 Å². The number of allylic oxidation sites excluding steroid dienone is 3. The molecule has 3 aliphatic heterocycles. The van der Waals surface area contributed by atoms with Crippen molar-refractivity contribution < 1.29 is 0 Å². The number of nitrogens with one attached hydrogen (secondary N) is 1. The molecule has 2 aromatic heterocycles. The fourth-order valence-electron chi connectivity index (χ4n) is 6.13. The molecule has 1 N–H and O–H groups in total. The zero-order valence-corrected chi connectivity index (χ0v) is 25.1. The van der Waals surface area contributed by atoms with Gasteiger partial charge in [-0.3, -0.25) is 4.57 Å². The number of fused-ring (bicyclic) bond motifs is 3. The normalized spacial score (nSPS) is 16.6. The Hall–Kier alpha value is -6.72. The van der Waals surface area contributed by atoms with Gasteiger partial charge in [-0.1, -0.05) is 106 Å². The molecule has 0 saturated heterocycles. The lowest BCUT2D eigenvalue weighted by Crippen LogP contribution is -2.40. The zero-order chi connectivity index (χ0) is 31.2. The first-order valence-corrected chi connectivity index (χ1v) is 15.4. The number of amidine groups is 2. The van der Waals surface area contributed by atoms with E-state index in [0.29, 0.717) is 28.9 Å². The SMILES string of the molecule is C1=CC(C2=[N+]=C(C3=NC(c4cc(-n5c6ccccc6c6ccccc65)nc(-c5ccccc5)n4)N=C(c4ccccc4)N3)C=C2)=[N+]=C1. The predicted molar refractivity (Wildman–Crippen MR) is 192 cm³/mol. The summed E-state index contributed by atoms with van der Waals surface area (Å²) >= 11 is 0. The average Bonchev–Trinajstić information content (AvgIpc) is 3.92. The van der Waals surface area contributed by atoms with Gasteiger partial charge in [-0.2, -0.15) is 0 Å². The van der Waals surface area contributed by atoms with Crippen molar-refractivity contribution in [3.8, 4) is 17.2 Å². The average molecular weight is 607 g/mol. The van der Waals surface area contributed by atoms with E-state index in [2.05, 4.69) is 63.1 Å². The van der Waals surface area contributed by atoms with Gasteiger partial charge in [0.2, 0.25) is 5.84 Å². The second kappa shape index (κ2) is 11.0. The number of aliphatic imine (C=N–C) groups is 2. The van der Waals surface area contributed by atoms with E-state index < -0.39 is 6.17 Å². The van der Waals surface area contributed by atoms with Gasteiger partial charge in [-0.15, -0.1) is 0 Å². The van der Waals surface area contributed by atoms with Crippen LogP contribution in [0, 0.1) is 0 Å². The van der Waals surface area contributed by atoms with Gasteiger partial charge in [0.1, 0.15) is 11.7 Å². The monoisotopic (exact) mass is 606 g/mol. The first-order valence-electron chi connectivity index (χ1n) is 15.4. The number of hydrogen-bond donors (Lipinski definition) is 1. The van der Waals surface area contributed by atoms with Gasteiger partial charge in [-0.25, -0.2) is 20.0 Å². The summed E-state index contributed by atoms with van der Waals surface area (Å²) in [6, 6.07) is 38.9. The molecule has 3 aliphatic rings. The molecule has 9 rings (SSSR count). The minimum atomic E-state index is -0.657. The Morgan fingerprint density at radius 3 is 1.94 bits per heavy atom. The lowest BCUT2D eigenvalue weighted by molar-refractivity contribution is 0.725. The van der Waals surface area contributed by atoms with Crippen LogP contribution in [0.2, 0.25) is 0 Å². The molecule has 1 atom stereocenters. The molecule has 0 fully saturated rings. The summed E-state index contributed by atoms with van der Waals surface area (Å²) in [5.74, 6) is 2.64. The Bertz CT molecular complexity index is 2450. The molecule has 0 bridgehead atoms. The number of hydrogen-bond acceptors (Lipinski definition) is 5. The van der Waals surface area contributed by atoms with Crippen LogP contribution in [-0.4, -0.2) is 49.6 Å². The van der Waals surface area contributed by atoms with E-state index in [1.807, 2.05) is 91.0 Å². The molecule has 47 heavy (non-hydrogen) atoms. The van der Waals surface area contributed by atoms with Crippen molar-refractivity contribution >= 4 is 56.8 Å². The van der Waals surface area contributed by atoms with Gasteiger partial charge >= 0.3 is 17.1 Å². The van der Waals surface area contributed by atoms with Crippen LogP contribution < -0.4 is 14.7 Å². The number of rotatable bonds is 6. The molecular formula is C39H26N8+2. The first-order chi connectivity index (χ1) is 23.3. The Labute approximate surface area is 269 Å². The van der Waals surface area contributed by atoms with Gasteiger partial charge in [0, 0.05) is 52.3 Å². The Balaban J connectivity index is 1.26. The summed E-state index contributed by atoms with van der Waals surface area (Å²) in [5.41, 5.74) is 6.96. The highest BCUT2D eigenvalue weighted by Crippen LogP contribution is 2.33. The van der Waals surface area contributed by atoms with Crippen LogP contribution in [0.4, 0.5) is 0 Å². The summed E-state index contributed by atoms with van der Waals surface area (Å²) in [4.78, 5) is 20.5. The molecule has 4 aromatic carbocycles. The van der Waals surface area contributed by atoms with Crippen LogP contribution in [0.1, 0.15) is 17.4 Å². The molecule has 0 radical (unpaired) electrons. The van der Waals surface area contributed by atoms with Gasteiger partial charge in [0.25, 0.3) is 6.21 Å². The van der Waals surface area contributed by atoms with Gasteiger partial charge < -0.3 is 5.32 Å². The molecule has 8 nitrogen and oxygen atoms in total. The smallest absolute Gasteiger partial charge is 0.318 e. The fourth-order valence-corrected chi connectivity index (χ4v) is 6.13. The number of para-hydroxylation sites is 2. The summed E-state index contributed by atoms with van der Waals surface area (Å²) in [6.07, 6.45) is 8.89. The molecule has 0 aliphatic carbocycles. The van der Waals surface area contributed by atoms with E-state index in [0.717, 1.165) is 50.2 Å². The van der Waals surface area contributed by atoms with Crippen molar-refractivity contribution in [3.63, 3.8) is 0 Å². The van der Waals surface area contributed by atoms with Gasteiger partial charge in [0.05, 0.1) is 16.7 Å². The number of aromatic nitrogens is 3. The Kier molecular flexibility index (Phi) is 6.25. The van der Waals surface area contributed by atoms with E-state index in [4.69, 9.17) is 24.6 Å². The maximum atomic E-state index is 5.15. The molecule has 0 saturated carbocycles. The maximum Gasteiger partial charge on any atom is 0.417 e. The summed E-state index contributed by atoms with van der Waals surface area (Å²) in [6.45, 7) is 0. The third kappa shape index (κ3) is 4.74. The number of nitrogens with zero attached hydrogens (tertiary/aromatic N) is 7. The largest absolute Gasteiger partial charge is 0.417 e.